The monoisotopic (exact) mass is 403 g/mol. The molecule has 1 fully saturated rings. The molecule has 2 aromatic heterocycles. The van der Waals surface area contributed by atoms with Gasteiger partial charge in [0.1, 0.15) is 17.3 Å². The summed E-state index contributed by atoms with van der Waals surface area (Å²) in [6, 6.07) is 10.2. The summed E-state index contributed by atoms with van der Waals surface area (Å²) in [6.07, 6.45) is 10.5. The van der Waals surface area contributed by atoms with E-state index in [4.69, 9.17) is 11.2 Å². The zero-order valence-electron chi connectivity index (χ0n) is 16.3. The number of likely N-dealkylation sites (tertiary alicyclic amines) is 1. The van der Waals surface area contributed by atoms with Crippen molar-refractivity contribution in [1.82, 2.24) is 19.8 Å². The number of carbonyl (C=O) groups excluding carboxylic acids is 2. The first-order chi connectivity index (χ1) is 14.6. The molecule has 30 heavy (non-hydrogen) atoms. The van der Waals surface area contributed by atoms with Crippen LogP contribution in [0.1, 0.15) is 12.8 Å². The highest BCUT2D eigenvalue weighted by molar-refractivity contribution is 5.92. The summed E-state index contributed by atoms with van der Waals surface area (Å²) in [4.78, 5) is 30.4. The molecule has 0 spiro atoms. The molecule has 1 aromatic carbocycles. The number of anilines is 1. The molecule has 1 saturated heterocycles. The van der Waals surface area contributed by atoms with Crippen LogP contribution >= 0.6 is 0 Å². The number of pyridine rings is 1. The predicted molar refractivity (Wildman–Crippen MR) is 114 cm³/mol. The van der Waals surface area contributed by atoms with Gasteiger partial charge in [-0.15, -0.1) is 6.42 Å². The van der Waals surface area contributed by atoms with Crippen molar-refractivity contribution in [3.05, 3.63) is 48.8 Å². The summed E-state index contributed by atoms with van der Waals surface area (Å²) in [6.45, 7) is 1.70. The molecule has 8 nitrogen and oxygen atoms in total. The first-order valence-electron chi connectivity index (χ1n) is 9.66. The van der Waals surface area contributed by atoms with Crippen molar-refractivity contribution in [3.63, 3.8) is 0 Å². The number of rotatable bonds is 4. The molecule has 0 bridgehead atoms. The number of nitrogens with zero attached hydrogens (tertiary/aromatic N) is 3. The van der Waals surface area contributed by atoms with E-state index in [0.717, 1.165) is 36.8 Å². The Bertz CT molecular complexity index is 1130. The maximum Gasteiger partial charge on any atom is 0.326 e. The highest BCUT2D eigenvalue weighted by atomic mass is 16.5. The van der Waals surface area contributed by atoms with E-state index in [0.29, 0.717) is 17.3 Å². The molecule has 4 rings (SSSR count). The van der Waals surface area contributed by atoms with E-state index in [1.54, 1.807) is 41.6 Å². The van der Waals surface area contributed by atoms with Crippen molar-refractivity contribution >= 4 is 28.8 Å². The van der Waals surface area contributed by atoms with Gasteiger partial charge in [-0.3, -0.25) is 9.88 Å². The normalized spacial score (nSPS) is 13.1. The summed E-state index contributed by atoms with van der Waals surface area (Å²) in [5, 5.41) is 6.29. The maximum atomic E-state index is 12.2. The molecule has 1 aliphatic heterocycles. The van der Waals surface area contributed by atoms with Crippen LogP contribution in [-0.2, 0) is 0 Å². The molecule has 0 unspecified atom stereocenters. The molecule has 3 amide bonds. The fourth-order valence-electron chi connectivity index (χ4n) is 3.36. The van der Waals surface area contributed by atoms with Gasteiger partial charge in [0.15, 0.2) is 0 Å². The zero-order valence-corrected chi connectivity index (χ0v) is 16.3. The molecule has 8 heteroatoms. The molecule has 152 valence electrons. The molecule has 0 saturated carbocycles. The van der Waals surface area contributed by atoms with Crippen LogP contribution in [0.5, 0.6) is 11.5 Å². The number of benzene rings is 1. The van der Waals surface area contributed by atoms with Crippen LogP contribution in [0.2, 0.25) is 0 Å². The molecule has 0 aliphatic carbocycles. The summed E-state index contributed by atoms with van der Waals surface area (Å²) in [5.41, 5.74) is 0.741. The smallest absolute Gasteiger partial charge is 0.326 e. The zero-order chi connectivity index (χ0) is 20.9. The maximum absolute atomic E-state index is 12.2. The van der Waals surface area contributed by atoms with Gasteiger partial charge in [0.05, 0.1) is 12.1 Å². The molecule has 3 heterocycles. The number of aromatic nitrogens is 2. The highest BCUT2D eigenvalue weighted by Crippen LogP contribution is 2.27. The second kappa shape index (κ2) is 8.57. The summed E-state index contributed by atoms with van der Waals surface area (Å²) >= 11 is 0. The van der Waals surface area contributed by atoms with Crippen molar-refractivity contribution in [3.8, 4) is 23.8 Å². The number of hydrogen-bond donors (Lipinski definition) is 2. The van der Waals surface area contributed by atoms with Gasteiger partial charge in [0.2, 0.25) is 0 Å². The lowest BCUT2D eigenvalue weighted by Crippen LogP contribution is -2.32. The van der Waals surface area contributed by atoms with E-state index in [1.807, 2.05) is 12.1 Å². The van der Waals surface area contributed by atoms with E-state index < -0.39 is 0 Å². The minimum Gasteiger partial charge on any atom is -0.457 e. The lowest BCUT2D eigenvalue weighted by Gasteiger charge is -2.16. The number of nitrogens with one attached hydrogen (secondary N) is 2. The minimum atomic E-state index is -0.288. The number of terminal acetylenes is 1. The minimum absolute atomic E-state index is 0.150. The van der Waals surface area contributed by atoms with Gasteiger partial charge >= 0.3 is 12.1 Å². The average Bonchev–Trinajstić information content (AvgIpc) is 3.42. The quantitative estimate of drug-likeness (QED) is 0.651. The fourth-order valence-corrected chi connectivity index (χ4v) is 3.36. The highest BCUT2D eigenvalue weighted by Gasteiger charge is 2.18. The van der Waals surface area contributed by atoms with Gasteiger partial charge < -0.3 is 15.0 Å². The van der Waals surface area contributed by atoms with Crippen LogP contribution in [0.15, 0.2) is 48.8 Å². The topological polar surface area (TPSA) is 88.5 Å². The van der Waals surface area contributed by atoms with Crippen LogP contribution in [0.25, 0.3) is 10.9 Å². The van der Waals surface area contributed by atoms with E-state index >= 15 is 0 Å². The van der Waals surface area contributed by atoms with E-state index in [9.17, 15) is 9.59 Å². The van der Waals surface area contributed by atoms with Crippen molar-refractivity contribution in [2.45, 2.75) is 12.8 Å². The van der Waals surface area contributed by atoms with Crippen molar-refractivity contribution < 1.29 is 14.3 Å². The summed E-state index contributed by atoms with van der Waals surface area (Å²) < 4.78 is 7.42. The van der Waals surface area contributed by atoms with Crippen LogP contribution in [-0.4, -0.2) is 46.1 Å². The number of ether oxygens (including phenoxy) is 1. The van der Waals surface area contributed by atoms with Crippen molar-refractivity contribution in [2.24, 2.45) is 0 Å². The van der Waals surface area contributed by atoms with Gasteiger partial charge in [-0.25, -0.2) is 14.6 Å². The lowest BCUT2D eigenvalue weighted by atomic mass is 10.2. The Hall–Kier alpha value is -3.99. The second-order valence-corrected chi connectivity index (χ2v) is 6.87. The van der Waals surface area contributed by atoms with Crippen LogP contribution < -0.4 is 15.4 Å². The Morgan fingerprint density at radius 3 is 2.70 bits per heavy atom. The number of urea groups is 1. The third-order valence-electron chi connectivity index (χ3n) is 4.82. The van der Waals surface area contributed by atoms with Crippen LogP contribution in [0, 0.1) is 12.3 Å². The standard InChI is InChI=1S/C22H21N5O3/c1-2-9-24-21(28)27-13-8-16-14-17(5-6-19(16)27)30-18-7-10-23-20(15-18)25-22(29)26-11-3-4-12-26/h1,5-8,10,13-15H,3-4,9,11-12H2,(H,24,28)(H,23,25,29). The van der Waals surface area contributed by atoms with Crippen molar-refractivity contribution in [1.29, 1.82) is 0 Å². The Balaban J connectivity index is 1.47. The van der Waals surface area contributed by atoms with Crippen molar-refractivity contribution in [2.75, 3.05) is 25.0 Å². The Labute approximate surface area is 173 Å². The Morgan fingerprint density at radius 1 is 1.10 bits per heavy atom. The third-order valence-corrected chi connectivity index (χ3v) is 4.82. The predicted octanol–water partition coefficient (Wildman–Crippen LogP) is 3.65. The fraction of sp³-hybridized carbons (Fsp3) is 0.227. The number of carbonyl (C=O) groups is 2. The first-order valence-corrected chi connectivity index (χ1v) is 9.66. The molecule has 3 aromatic rings. The van der Waals surface area contributed by atoms with Gasteiger partial charge in [0, 0.05) is 36.9 Å². The summed E-state index contributed by atoms with van der Waals surface area (Å²) in [7, 11) is 0. The van der Waals surface area contributed by atoms with Gasteiger partial charge in [0.25, 0.3) is 0 Å². The molecule has 1 aliphatic rings. The van der Waals surface area contributed by atoms with E-state index in [-0.39, 0.29) is 18.6 Å². The molecular formula is C22H21N5O3. The number of fused-ring (bicyclic) bond motifs is 1. The van der Waals surface area contributed by atoms with Gasteiger partial charge in [-0.2, -0.15) is 0 Å². The SMILES string of the molecule is C#CCNC(=O)n1ccc2cc(Oc3ccnc(NC(=O)N4CCCC4)c3)ccc21. The van der Waals surface area contributed by atoms with Crippen LogP contribution in [0.4, 0.5) is 15.4 Å². The summed E-state index contributed by atoms with van der Waals surface area (Å²) in [5.74, 6) is 3.96. The Morgan fingerprint density at radius 2 is 1.90 bits per heavy atom. The third kappa shape index (κ3) is 4.20. The molecule has 2 N–H and O–H groups in total. The molecule has 0 radical (unpaired) electrons. The van der Waals surface area contributed by atoms with Gasteiger partial charge in [-0.05, 0) is 43.2 Å². The van der Waals surface area contributed by atoms with Gasteiger partial charge in [-0.1, -0.05) is 5.92 Å². The van der Waals surface area contributed by atoms with E-state index in [2.05, 4.69) is 21.5 Å². The second-order valence-electron chi connectivity index (χ2n) is 6.87. The molecular weight excluding hydrogens is 382 g/mol. The van der Waals surface area contributed by atoms with E-state index in [1.165, 1.54) is 4.57 Å². The number of hydrogen-bond acceptors (Lipinski definition) is 4. The largest absolute Gasteiger partial charge is 0.457 e. The average molecular weight is 403 g/mol. The van der Waals surface area contributed by atoms with Crippen LogP contribution in [0.3, 0.4) is 0 Å². The first kappa shape index (κ1) is 19.3. The number of amides is 3. The Kier molecular flexibility index (Phi) is 5.52. The molecule has 0 atom stereocenters. The lowest BCUT2D eigenvalue weighted by molar-refractivity contribution is 0.222.